The minimum atomic E-state index is -4.37. The smallest absolute Gasteiger partial charge is 0.262 e. The van der Waals surface area contributed by atoms with Crippen molar-refractivity contribution in [1.82, 2.24) is 0 Å². The summed E-state index contributed by atoms with van der Waals surface area (Å²) < 4.78 is 81.7. The van der Waals surface area contributed by atoms with Crippen LogP contribution in [0.15, 0.2) is 70.5 Å². The van der Waals surface area contributed by atoms with Crippen molar-refractivity contribution in [2.45, 2.75) is 16.7 Å². The van der Waals surface area contributed by atoms with Crippen LogP contribution < -0.4 is 9.44 Å². The molecule has 0 atom stereocenters. The van der Waals surface area contributed by atoms with Crippen LogP contribution in [-0.4, -0.2) is 16.8 Å². The Morgan fingerprint density at radius 2 is 1.30 bits per heavy atom. The van der Waals surface area contributed by atoms with Gasteiger partial charge < -0.3 is 0 Å². The van der Waals surface area contributed by atoms with Crippen molar-refractivity contribution in [3.8, 4) is 0 Å². The van der Waals surface area contributed by atoms with E-state index in [-0.39, 0.29) is 16.3 Å². The Hall–Kier alpha value is -2.69. The second-order valence-corrected chi connectivity index (χ2v) is 10.1. The number of halogens is 3. The molecule has 0 fully saturated rings. The number of rotatable bonds is 6. The lowest BCUT2D eigenvalue weighted by molar-refractivity contribution is 0.568. The van der Waals surface area contributed by atoms with Gasteiger partial charge in [0.1, 0.15) is 11.6 Å². The number of nitrogens with one attached hydrogen (secondary N) is 2. The molecule has 30 heavy (non-hydrogen) atoms. The lowest BCUT2D eigenvalue weighted by atomic mass is 10.2. The van der Waals surface area contributed by atoms with Gasteiger partial charge in [-0.2, -0.15) is 0 Å². The number of sulfonamides is 2. The van der Waals surface area contributed by atoms with E-state index in [0.717, 1.165) is 6.07 Å². The highest BCUT2D eigenvalue weighted by molar-refractivity contribution is 7.93. The summed E-state index contributed by atoms with van der Waals surface area (Å²) in [4.78, 5) is -0.849. The van der Waals surface area contributed by atoms with Gasteiger partial charge in [0.25, 0.3) is 20.0 Å². The average Bonchev–Trinajstić information content (AvgIpc) is 2.64. The zero-order valence-electron chi connectivity index (χ0n) is 15.4. The van der Waals surface area contributed by atoms with Gasteiger partial charge in [-0.05, 0) is 61.0 Å². The van der Waals surface area contributed by atoms with E-state index >= 15 is 0 Å². The van der Waals surface area contributed by atoms with E-state index in [1.165, 1.54) is 36.4 Å². The highest BCUT2D eigenvalue weighted by atomic mass is 35.5. The molecule has 158 valence electrons. The molecule has 3 aromatic carbocycles. The highest BCUT2D eigenvalue weighted by Gasteiger charge is 2.20. The average molecular weight is 473 g/mol. The predicted octanol–water partition coefficient (Wildman–Crippen LogP) is 4.53. The molecule has 3 rings (SSSR count). The molecule has 0 saturated heterocycles. The third-order valence-electron chi connectivity index (χ3n) is 4.01. The summed E-state index contributed by atoms with van der Waals surface area (Å²) in [5.74, 6) is -2.12. The molecule has 0 aliphatic carbocycles. The molecular weight excluding hydrogens is 458 g/mol. The Kier molecular flexibility index (Phi) is 6.02. The number of benzene rings is 3. The van der Waals surface area contributed by atoms with Crippen molar-refractivity contribution in [3.63, 3.8) is 0 Å². The quantitative estimate of drug-likeness (QED) is 0.551. The van der Waals surface area contributed by atoms with Crippen LogP contribution in [0.2, 0.25) is 5.02 Å². The van der Waals surface area contributed by atoms with Crippen LogP contribution in [0.4, 0.5) is 20.2 Å². The third kappa shape index (κ3) is 5.07. The highest BCUT2D eigenvalue weighted by Crippen LogP contribution is 2.26. The summed E-state index contributed by atoms with van der Waals surface area (Å²) >= 11 is 5.78. The molecule has 0 radical (unpaired) electrons. The van der Waals surface area contributed by atoms with Crippen LogP contribution >= 0.6 is 11.6 Å². The minimum absolute atomic E-state index is 0.0568. The van der Waals surface area contributed by atoms with E-state index in [4.69, 9.17) is 11.6 Å². The molecule has 0 aromatic heterocycles. The fourth-order valence-corrected chi connectivity index (χ4v) is 4.87. The first-order valence-corrected chi connectivity index (χ1v) is 11.7. The van der Waals surface area contributed by atoms with E-state index in [1.54, 1.807) is 6.92 Å². The maximum atomic E-state index is 13.4. The van der Waals surface area contributed by atoms with Crippen molar-refractivity contribution in [2.24, 2.45) is 0 Å². The number of hydrogen-bond acceptors (Lipinski definition) is 4. The number of hydrogen-bond donors (Lipinski definition) is 2. The lowest BCUT2D eigenvalue weighted by Gasteiger charge is -2.14. The van der Waals surface area contributed by atoms with E-state index in [1.807, 2.05) is 0 Å². The second-order valence-electron chi connectivity index (χ2n) is 6.30. The summed E-state index contributed by atoms with van der Waals surface area (Å²) in [6.45, 7) is 1.55. The molecular formula is C19H15ClF2N2O4S2. The third-order valence-corrected chi connectivity index (χ3v) is 6.98. The Bertz CT molecular complexity index is 1290. The van der Waals surface area contributed by atoms with E-state index in [0.29, 0.717) is 28.8 Å². The van der Waals surface area contributed by atoms with Crippen LogP contribution in [0.1, 0.15) is 5.56 Å². The van der Waals surface area contributed by atoms with Crippen molar-refractivity contribution in [1.29, 1.82) is 0 Å². The first-order chi connectivity index (χ1) is 14.0. The van der Waals surface area contributed by atoms with Crippen molar-refractivity contribution < 1.29 is 25.6 Å². The zero-order valence-corrected chi connectivity index (χ0v) is 17.7. The predicted molar refractivity (Wildman–Crippen MR) is 111 cm³/mol. The van der Waals surface area contributed by atoms with Gasteiger partial charge in [-0.1, -0.05) is 17.7 Å². The standard InChI is InChI=1S/C19H15ClF2N2O4S2/c1-12-2-7-17(29(25,26)23-16-5-3-13(20)4-6-16)11-19(12)24-30(27,28)18-9-14(21)8-15(22)10-18/h2-11,23-24H,1H3. The fraction of sp³-hybridized carbons (Fsp3) is 0.0526. The Balaban J connectivity index is 1.94. The fourth-order valence-electron chi connectivity index (χ4n) is 2.50. The first-order valence-electron chi connectivity index (χ1n) is 8.34. The first kappa shape index (κ1) is 22.0. The van der Waals surface area contributed by atoms with Crippen molar-refractivity contribution >= 4 is 43.0 Å². The van der Waals surface area contributed by atoms with E-state index < -0.39 is 36.6 Å². The Morgan fingerprint density at radius 1 is 0.733 bits per heavy atom. The molecule has 0 heterocycles. The summed E-state index contributed by atoms with van der Waals surface area (Å²) in [6.07, 6.45) is 0. The Morgan fingerprint density at radius 3 is 1.90 bits per heavy atom. The van der Waals surface area contributed by atoms with E-state index in [9.17, 15) is 25.6 Å². The largest absolute Gasteiger partial charge is 0.280 e. The van der Waals surface area contributed by atoms with Crippen LogP contribution in [0, 0.1) is 18.6 Å². The second kappa shape index (κ2) is 8.21. The summed E-state index contributed by atoms with van der Waals surface area (Å²) in [6, 6.07) is 11.6. The molecule has 0 spiro atoms. The van der Waals surface area contributed by atoms with Gasteiger partial charge in [0, 0.05) is 16.8 Å². The lowest BCUT2D eigenvalue weighted by Crippen LogP contribution is -2.16. The van der Waals surface area contributed by atoms with Crippen LogP contribution in [-0.2, 0) is 20.0 Å². The SMILES string of the molecule is Cc1ccc(S(=O)(=O)Nc2ccc(Cl)cc2)cc1NS(=O)(=O)c1cc(F)cc(F)c1. The Labute approximate surface area is 177 Å². The molecule has 11 heteroatoms. The van der Waals surface area contributed by atoms with Gasteiger partial charge in [0.15, 0.2) is 0 Å². The van der Waals surface area contributed by atoms with Gasteiger partial charge in [-0.15, -0.1) is 0 Å². The molecule has 0 unspecified atom stereocenters. The normalized spacial score (nSPS) is 11.9. The van der Waals surface area contributed by atoms with Crippen LogP contribution in [0.5, 0.6) is 0 Å². The van der Waals surface area contributed by atoms with Gasteiger partial charge in [0.05, 0.1) is 15.5 Å². The molecule has 0 aliphatic rings. The minimum Gasteiger partial charge on any atom is -0.280 e. The molecule has 0 amide bonds. The maximum absolute atomic E-state index is 13.4. The molecule has 0 saturated carbocycles. The van der Waals surface area contributed by atoms with Gasteiger partial charge >= 0.3 is 0 Å². The van der Waals surface area contributed by atoms with Gasteiger partial charge in [0.2, 0.25) is 0 Å². The molecule has 6 nitrogen and oxygen atoms in total. The number of aryl methyl sites for hydroxylation is 1. The summed E-state index contributed by atoms with van der Waals surface area (Å²) in [5, 5.41) is 0.429. The van der Waals surface area contributed by atoms with Crippen molar-refractivity contribution in [3.05, 3.63) is 82.9 Å². The van der Waals surface area contributed by atoms with E-state index in [2.05, 4.69) is 9.44 Å². The van der Waals surface area contributed by atoms with Gasteiger partial charge in [-0.3, -0.25) is 9.44 Å². The topological polar surface area (TPSA) is 92.3 Å². The molecule has 2 N–H and O–H groups in total. The molecule has 0 bridgehead atoms. The van der Waals surface area contributed by atoms with Crippen molar-refractivity contribution in [2.75, 3.05) is 9.44 Å². The van der Waals surface area contributed by atoms with Crippen LogP contribution in [0.25, 0.3) is 0 Å². The summed E-state index contributed by atoms with van der Waals surface area (Å²) in [7, 11) is -8.41. The monoisotopic (exact) mass is 472 g/mol. The number of anilines is 2. The molecule has 3 aromatic rings. The zero-order chi connectivity index (χ0) is 22.1. The molecule has 0 aliphatic heterocycles. The van der Waals surface area contributed by atoms with Gasteiger partial charge in [-0.25, -0.2) is 25.6 Å². The maximum Gasteiger partial charge on any atom is 0.262 e. The summed E-state index contributed by atoms with van der Waals surface area (Å²) in [5.41, 5.74) is 0.608. The van der Waals surface area contributed by atoms with Crippen LogP contribution in [0.3, 0.4) is 0 Å².